The topological polar surface area (TPSA) is 225 Å². The van der Waals surface area contributed by atoms with Crippen LogP contribution in [0.3, 0.4) is 0 Å². The molecule has 0 aliphatic rings. The average Bonchev–Trinajstić information content (AvgIpc) is 2.66. The maximum atomic E-state index is 12.6. The molecular formula is C18H30N4O9S. The van der Waals surface area contributed by atoms with Crippen molar-refractivity contribution in [1.82, 2.24) is 16.0 Å². The Morgan fingerprint density at radius 1 is 0.812 bits per heavy atom. The SMILES string of the molecule is CC(C)CC(N)C(=O)NC(CC(=O)O)C(=O)NC(CCC(=O)O)C(=O)NC(CS)C(=O)O. The Balaban J connectivity index is 5.49. The van der Waals surface area contributed by atoms with Crippen LogP contribution in [0.4, 0.5) is 0 Å². The quantitative estimate of drug-likeness (QED) is 0.123. The molecule has 0 aliphatic heterocycles. The van der Waals surface area contributed by atoms with Gasteiger partial charge in [0.1, 0.15) is 18.1 Å². The van der Waals surface area contributed by atoms with Gasteiger partial charge in [-0.05, 0) is 18.8 Å². The number of rotatable bonds is 15. The molecule has 0 aromatic rings. The van der Waals surface area contributed by atoms with E-state index in [0.717, 1.165) is 0 Å². The van der Waals surface area contributed by atoms with Gasteiger partial charge in [0, 0.05) is 12.2 Å². The predicted molar refractivity (Wildman–Crippen MR) is 114 cm³/mol. The van der Waals surface area contributed by atoms with Crippen molar-refractivity contribution < 1.29 is 44.1 Å². The van der Waals surface area contributed by atoms with Gasteiger partial charge in [-0.3, -0.25) is 24.0 Å². The van der Waals surface area contributed by atoms with Crippen LogP contribution in [-0.2, 0) is 28.8 Å². The first kappa shape index (κ1) is 29.1. The third-order valence-corrected chi connectivity index (χ3v) is 4.52. The Labute approximate surface area is 189 Å². The third-order valence-electron chi connectivity index (χ3n) is 4.15. The Bertz CT molecular complexity index is 717. The van der Waals surface area contributed by atoms with Crippen LogP contribution in [0.15, 0.2) is 0 Å². The van der Waals surface area contributed by atoms with Crippen molar-refractivity contribution in [3.8, 4) is 0 Å². The highest BCUT2D eigenvalue weighted by atomic mass is 32.1. The lowest BCUT2D eigenvalue weighted by Gasteiger charge is -2.24. The van der Waals surface area contributed by atoms with E-state index in [-0.39, 0.29) is 18.1 Å². The number of carbonyl (C=O) groups excluding carboxylic acids is 3. The molecule has 0 aromatic heterocycles. The van der Waals surface area contributed by atoms with E-state index in [0.29, 0.717) is 0 Å². The summed E-state index contributed by atoms with van der Waals surface area (Å²) in [5.41, 5.74) is 5.74. The second kappa shape index (κ2) is 14.2. The zero-order valence-electron chi connectivity index (χ0n) is 17.7. The van der Waals surface area contributed by atoms with Crippen molar-refractivity contribution in [2.75, 3.05) is 5.75 Å². The van der Waals surface area contributed by atoms with Gasteiger partial charge in [-0.25, -0.2) is 4.79 Å². The molecule has 0 saturated heterocycles. The van der Waals surface area contributed by atoms with Gasteiger partial charge < -0.3 is 37.0 Å². The van der Waals surface area contributed by atoms with Crippen molar-refractivity contribution in [1.29, 1.82) is 0 Å². The largest absolute Gasteiger partial charge is 0.481 e. The van der Waals surface area contributed by atoms with E-state index in [1.165, 1.54) is 0 Å². The number of thiol groups is 1. The molecule has 182 valence electrons. The fourth-order valence-corrected chi connectivity index (χ4v) is 2.79. The maximum Gasteiger partial charge on any atom is 0.327 e. The molecular weight excluding hydrogens is 448 g/mol. The Morgan fingerprint density at radius 3 is 1.75 bits per heavy atom. The highest BCUT2D eigenvalue weighted by Gasteiger charge is 2.31. The van der Waals surface area contributed by atoms with Crippen molar-refractivity contribution >= 4 is 48.3 Å². The zero-order valence-corrected chi connectivity index (χ0v) is 18.6. The van der Waals surface area contributed by atoms with E-state index >= 15 is 0 Å². The van der Waals surface area contributed by atoms with E-state index in [1.54, 1.807) is 0 Å². The summed E-state index contributed by atoms with van der Waals surface area (Å²) in [4.78, 5) is 70.4. The molecule has 0 fully saturated rings. The van der Waals surface area contributed by atoms with Crippen molar-refractivity contribution in [3.63, 3.8) is 0 Å². The molecule has 3 amide bonds. The Hall–Kier alpha value is -2.87. The smallest absolute Gasteiger partial charge is 0.327 e. The number of hydrogen-bond donors (Lipinski definition) is 8. The van der Waals surface area contributed by atoms with Crippen LogP contribution < -0.4 is 21.7 Å². The highest BCUT2D eigenvalue weighted by molar-refractivity contribution is 7.80. The summed E-state index contributed by atoms with van der Waals surface area (Å²) < 4.78 is 0. The van der Waals surface area contributed by atoms with Gasteiger partial charge in [0.15, 0.2) is 0 Å². The maximum absolute atomic E-state index is 12.6. The molecule has 0 aliphatic carbocycles. The average molecular weight is 479 g/mol. The second-order valence-corrected chi connectivity index (χ2v) is 7.84. The number of nitrogens with two attached hydrogens (primary N) is 1. The summed E-state index contributed by atoms with van der Waals surface area (Å²) in [5, 5.41) is 33.5. The number of carbonyl (C=O) groups is 6. The Morgan fingerprint density at radius 2 is 1.31 bits per heavy atom. The summed E-state index contributed by atoms with van der Waals surface area (Å²) in [7, 11) is 0. The lowest BCUT2D eigenvalue weighted by atomic mass is 10.0. The molecule has 13 nitrogen and oxygen atoms in total. The van der Waals surface area contributed by atoms with E-state index in [9.17, 15) is 28.8 Å². The minimum Gasteiger partial charge on any atom is -0.481 e. The number of carboxylic acids is 3. The molecule has 14 heteroatoms. The molecule has 0 spiro atoms. The molecule has 0 radical (unpaired) electrons. The Kier molecular flexibility index (Phi) is 13.0. The normalized spacial score (nSPS) is 14.5. The lowest BCUT2D eigenvalue weighted by molar-refractivity contribution is -0.143. The fraction of sp³-hybridized carbons (Fsp3) is 0.667. The first-order valence-corrected chi connectivity index (χ1v) is 10.4. The summed E-state index contributed by atoms with van der Waals surface area (Å²) >= 11 is 3.80. The molecule has 4 unspecified atom stereocenters. The number of nitrogens with one attached hydrogen (secondary N) is 3. The van der Waals surface area contributed by atoms with Gasteiger partial charge in [-0.15, -0.1) is 0 Å². The van der Waals surface area contributed by atoms with Gasteiger partial charge in [0.25, 0.3) is 0 Å². The first-order valence-electron chi connectivity index (χ1n) is 9.72. The molecule has 0 heterocycles. The number of hydrogen-bond acceptors (Lipinski definition) is 8. The zero-order chi connectivity index (χ0) is 25.0. The molecule has 32 heavy (non-hydrogen) atoms. The van der Waals surface area contributed by atoms with Crippen LogP contribution in [0.1, 0.15) is 39.5 Å². The summed E-state index contributed by atoms with van der Waals surface area (Å²) in [6, 6.07) is -5.51. The van der Waals surface area contributed by atoms with Gasteiger partial charge >= 0.3 is 17.9 Å². The van der Waals surface area contributed by atoms with Crippen molar-refractivity contribution in [2.24, 2.45) is 11.7 Å². The van der Waals surface area contributed by atoms with E-state index in [2.05, 4.69) is 28.6 Å². The molecule has 0 rings (SSSR count). The molecule has 0 bridgehead atoms. The summed E-state index contributed by atoms with van der Waals surface area (Å²) in [6.07, 6.45) is -1.51. The van der Waals surface area contributed by atoms with Gasteiger partial charge in [-0.2, -0.15) is 12.6 Å². The standard InChI is InChI=1S/C18H30N4O9S/c1-8(2)5-9(19)15(27)21-11(6-14(25)26)17(29)20-10(3-4-13(23)24)16(28)22-12(7-32)18(30)31/h8-12,32H,3-7,19H2,1-2H3,(H,20,29)(H,21,27)(H,22,28)(H,23,24)(H,25,26)(H,30,31). The fourth-order valence-electron chi connectivity index (χ4n) is 2.54. The lowest BCUT2D eigenvalue weighted by Crippen LogP contribution is -2.57. The minimum atomic E-state index is -1.60. The molecule has 8 N–H and O–H groups in total. The van der Waals surface area contributed by atoms with E-state index in [4.69, 9.17) is 21.1 Å². The first-order chi connectivity index (χ1) is 14.8. The number of aliphatic carboxylic acids is 3. The third kappa shape index (κ3) is 11.5. The molecule has 0 saturated carbocycles. The van der Waals surface area contributed by atoms with Gasteiger partial charge in [0.2, 0.25) is 17.7 Å². The molecule has 4 atom stereocenters. The van der Waals surface area contributed by atoms with Gasteiger partial charge in [-0.1, -0.05) is 13.8 Å². The summed E-state index contributed by atoms with van der Waals surface area (Å²) in [6.45, 7) is 3.63. The van der Waals surface area contributed by atoms with Crippen LogP contribution in [0, 0.1) is 5.92 Å². The number of carboxylic acid groups (broad SMARTS) is 3. The van der Waals surface area contributed by atoms with Crippen LogP contribution in [0.2, 0.25) is 0 Å². The predicted octanol–water partition coefficient (Wildman–Crippen LogP) is -1.83. The minimum absolute atomic E-state index is 0.0561. The van der Waals surface area contributed by atoms with Gasteiger partial charge in [0.05, 0.1) is 12.5 Å². The van der Waals surface area contributed by atoms with Crippen LogP contribution in [0.25, 0.3) is 0 Å². The second-order valence-electron chi connectivity index (χ2n) is 7.47. The number of amides is 3. The van der Waals surface area contributed by atoms with E-state index in [1.807, 2.05) is 13.8 Å². The van der Waals surface area contributed by atoms with Crippen molar-refractivity contribution in [3.05, 3.63) is 0 Å². The molecule has 0 aromatic carbocycles. The summed E-state index contributed by atoms with van der Waals surface area (Å²) in [5.74, 6) is -7.16. The monoisotopic (exact) mass is 478 g/mol. The van der Waals surface area contributed by atoms with Crippen molar-refractivity contribution in [2.45, 2.75) is 63.7 Å². The van der Waals surface area contributed by atoms with Crippen LogP contribution in [-0.4, -0.2) is 80.9 Å². The van der Waals surface area contributed by atoms with E-state index < -0.39 is 79.1 Å². The van der Waals surface area contributed by atoms with Crippen LogP contribution >= 0.6 is 12.6 Å². The van der Waals surface area contributed by atoms with Crippen LogP contribution in [0.5, 0.6) is 0 Å². The highest BCUT2D eigenvalue weighted by Crippen LogP contribution is 2.05.